The first-order valence-corrected chi connectivity index (χ1v) is 15.9. The first kappa shape index (κ1) is 35.4. The van der Waals surface area contributed by atoms with Crippen molar-refractivity contribution in [1.29, 1.82) is 0 Å². The van der Waals surface area contributed by atoms with Crippen molar-refractivity contribution in [2.24, 2.45) is 0 Å². The Morgan fingerprint density at radius 2 is 1.74 bits per heavy atom. The van der Waals surface area contributed by atoms with Gasteiger partial charge in [0.05, 0.1) is 25.8 Å². The van der Waals surface area contributed by atoms with Gasteiger partial charge in [-0.15, -0.1) is 0 Å². The topological polar surface area (TPSA) is 90.3 Å². The third-order valence-corrected chi connectivity index (χ3v) is 8.66. The van der Waals surface area contributed by atoms with Gasteiger partial charge in [-0.25, -0.2) is 4.79 Å². The van der Waals surface area contributed by atoms with Crippen LogP contribution >= 0.6 is 0 Å². The van der Waals surface area contributed by atoms with Crippen molar-refractivity contribution in [3.63, 3.8) is 0 Å². The molecule has 1 aromatic heterocycles. The predicted octanol–water partition coefficient (Wildman–Crippen LogP) is 6.78. The summed E-state index contributed by atoms with van der Waals surface area (Å²) < 4.78 is 119. The smallest absolute Gasteiger partial charge is 0.496 e. The molecule has 0 spiro atoms. The molecule has 46 heavy (non-hydrogen) atoms. The number of nitrogens with zero attached hydrogens (tertiary/aromatic N) is 3. The van der Waals surface area contributed by atoms with Crippen LogP contribution in [0.4, 0.5) is 31.1 Å². The third kappa shape index (κ3) is 8.25. The molecule has 0 N–H and O–H groups in total. The number of carbonyl (C=O) groups excluding carboxylic acids is 1. The van der Waals surface area contributed by atoms with Gasteiger partial charge in [0.25, 0.3) is 0 Å². The summed E-state index contributed by atoms with van der Waals surface area (Å²) in [6, 6.07) is 7.55. The van der Waals surface area contributed by atoms with Crippen molar-refractivity contribution < 1.29 is 53.2 Å². The first-order chi connectivity index (χ1) is 21.5. The van der Waals surface area contributed by atoms with Gasteiger partial charge in [-0.05, 0) is 61.7 Å². The summed E-state index contributed by atoms with van der Waals surface area (Å²) in [5, 5.41) is 0.681. The number of ether oxygens (including phenoxy) is 2. The zero-order valence-corrected chi connectivity index (χ0v) is 26.3. The Morgan fingerprint density at radius 3 is 2.35 bits per heavy atom. The van der Waals surface area contributed by atoms with Crippen LogP contribution in [-0.4, -0.2) is 80.5 Å². The fourth-order valence-electron chi connectivity index (χ4n) is 5.56. The highest BCUT2D eigenvalue weighted by Gasteiger charge is 2.48. The summed E-state index contributed by atoms with van der Waals surface area (Å²) in [6.07, 6.45) is -1.50. The second-order valence-corrected chi connectivity index (χ2v) is 12.6. The van der Waals surface area contributed by atoms with E-state index in [2.05, 4.69) is 4.18 Å². The number of carbonyl (C=O) groups is 1. The lowest BCUT2D eigenvalue weighted by Crippen LogP contribution is -2.39. The average Bonchev–Trinajstić information content (AvgIpc) is 3.32. The zero-order valence-electron chi connectivity index (χ0n) is 25.4. The molecule has 0 bridgehead atoms. The van der Waals surface area contributed by atoms with Crippen LogP contribution in [0, 0.1) is 6.92 Å². The number of alkyl halides is 6. The van der Waals surface area contributed by atoms with E-state index in [1.807, 2.05) is 18.7 Å². The maximum absolute atomic E-state index is 13.5. The minimum atomic E-state index is -5.91. The van der Waals surface area contributed by atoms with Gasteiger partial charge in [-0.2, -0.15) is 34.8 Å². The van der Waals surface area contributed by atoms with Crippen LogP contribution in [0.2, 0.25) is 0 Å². The number of unbranched alkanes of at least 4 members (excludes halogenated alkanes) is 1. The molecule has 0 saturated carbocycles. The van der Waals surface area contributed by atoms with E-state index in [4.69, 9.17) is 9.47 Å². The van der Waals surface area contributed by atoms with Gasteiger partial charge in [0.15, 0.2) is 0 Å². The van der Waals surface area contributed by atoms with E-state index in [1.165, 1.54) is 28.7 Å². The minimum absolute atomic E-state index is 0.0807. The van der Waals surface area contributed by atoms with Crippen molar-refractivity contribution >= 4 is 27.1 Å². The van der Waals surface area contributed by atoms with Gasteiger partial charge >= 0.3 is 27.9 Å². The van der Waals surface area contributed by atoms with Crippen LogP contribution in [0.3, 0.4) is 0 Å². The van der Waals surface area contributed by atoms with E-state index in [-0.39, 0.29) is 26.2 Å². The highest BCUT2D eigenvalue weighted by molar-refractivity contribution is 7.88. The third-order valence-electron chi connectivity index (χ3n) is 7.68. The van der Waals surface area contributed by atoms with E-state index in [1.54, 1.807) is 18.3 Å². The largest absolute Gasteiger partial charge is 0.534 e. The van der Waals surface area contributed by atoms with Gasteiger partial charge in [-0.3, -0.25) is 14.4 Å². The number of rotatable bonds is 10. The molecule has 4 rings (SSSR count). The van der Waals surface area contributed by atoms with Crippen molar-refractivity contribution in [2.75, 3.05) is 39.9 Å². The number of fused-ring (bicyclic) bond motifs is 1. The summed E-state index contributed by atoms with van der Waals surface area (Å²) in [5.74, 6) is -0.0965. The van der Waals surface area contributed by atoms with Crippen molar-refractivity contribution in [3.05, 3.63) is 59.3 Å². The highest BCUT2D eigenvalue weighted by Crippen LogP contribution is 2.37. The van der Waals surface area contributed by atoms with E-state index in [0.717, 1.165) is 24.1 Å². The normalized spacial score (nSPS) is 17.2. The molecule has 2 aromatic carbocycles. The summed E-state index contributed by atoms with van der Waals surface area (Å²) in [4.78, 5) is 16.1. The van der Waals surface area contributed by atoms with Crippen LogP contribution < -0.4 is 8.92 Å². The molecule has 1 atom stereocenters. The second-order valence-electron chi connectivity index (χ2n) is 11.0. The summed E-state index contributed by atoms with van der Waals surface area (Å²) in [5.41, 5.74) is -3.19. The lowest BCUT2D eigenvalue weighted by molar-refractivity contribution is -0.146. The molecule has 1 fully saturated rings. The molecule has 16 heteroatoms. The maximum atomic E-state index is 13.5. The minimum Gasteiger partial charge on any atom is -0.496 e. The predicted molar refractivity (Wildman–Crippen MR) is 157 cm³/mol. The van der Waals surface area contributed by atoms with Crippen LogP contribution in [-0.2, 0) is 21.4 Å². The number of hydrogen-bond donors (Lipinski definition) is 0. The van der Waals surface area contributed by atoms with Crippen LogP contribution in [0.25, 0.3) is 10.9 Å². The molecule has 0 aliphatic carbocycles. The Hall–Kier alpha value is -3.50. The van der Waals surface area contributed by atoms with Crippen LogP contribution in [0.15, 0.2) is 42.6 Å². The first-order valence-electron chi connectivity index (χ1n) is 14.5. The summed E-state index contributed by atoms with van der Waals surface area (Å²) in [6.45, 7) is 3.46. The van der Waals surface area contributed by atoms with Gasteiger partial charge in [0, 0.05) is 42.8 Å². The molecule has 1 saturated heterocycles. The number of hydrogen-bond acceptors (Lipinski definition) is 8. The molecule has 9 nitrogen and oxygen atoms in total. The molecule has 2 heterocycles. The quantitative estimate of drug-likeness (QED) is 0.100. The number of halogens is 6. The molecule has 1 unspecified atom stereocenters. The Balaban J connectivity index is 1.72. The molecular weight excluding hydrogens is 644 g/mol. The van der Waals surface area contributed by atoms with Crippen molar-refractivity contribution in [2.45, 2.75) is 57.4 Å². The number of benzene rings is 2. The standard InChI is InChI=1S/C30H35F6N3O6S/c1-4-5-15-44-28(40)39-14-11-23-24(26(43-3)16-20(2)27(23)39)17-38-13-6-12-37(19-29(31,32)33)18-25(38)21-7-9-22(10-8-21)45-46(41,42)30(34,35)36/h7-11,14,16,25H,4-6,12-13,15,17-19H2,1-3H3. The van der Waals surface area contributed by atoms with Gasteiger partial charge in [0.1, 0.15) is 11.5 Å². The Morgan fingerprint density at radius 1 is 1.04 bits per heavy atom. The summed E-state index contributed by atoms with van der Waals surface area (Å²) in [7, 11) is -4.43. The highest BCUT2D eigenvalue weighted by atomic mass is 32.2. The molecular formula is C30H35F6N3O6S. The molecule has 0 amide bonds. The Labute approximate surface area is 262 Å². The molecule has 1 aliphatic rings. The van der Waals surface area contributed by atoms with Gasteiger partial charge in [0.2, 0.25) is 0 Å². The summed E-state index contributed by atoms with van der Waals surface area (Å²) >= 11 is 0. The second kappa shape index (κ2) is 14.1. The molecule has 3 aromatic rings. The van der Waals surface area contributed by atoms with Crippen LogP contribution in [0.5, 0.6) is 11.5 Å². The Bertz CT molecular complexity index is 1620. The Kier molecular flexibility index (Phi) is 10.8. The van der Waals surface area contributed by atoms with E-state index in [0.29, 0.717) is 47.2 Å². The van der Waals surface area contributed by atoms with Gasteiger partial charge < -0.3 is 13.7 Å². The number of aromatic nitrogens is 1. The maximum Gasteiger partial charge on any atom is 0.534 e. The molecule has 1 aliphatic heterocycles. The van der Waals surface area contributed by atoms with Crippen molar-refractivity contribution in [1.82, 2.24) is 14.4 Å². The van der Waals surface area contributed by atoms with E-state index in [9.17, 15) is 39.6 Å². The molecule has 254 valence electrons. The van der Waals surface area contributed by atoms with Crippen LogP contribution in [0.1, 0.15) is 48.9 Å². The number of methoxy groups -OCH3 is 1. The van der Waals surface area contributed by atoms with E-state index < -0.39 is 46.2 Å². The van der Waals surface area contributed by atoms with Crippen molar-refractivity contribution in [3.8, 4) is 11.5 Å². The lowest BCUT2D eigenvalue weighted by Gasteiger charge is -2.33. The zero-order chi connectivity index (χ0) is 33.9. The lowest BCUT2D eigenvalue weighted by atomic mass is 10.0. The average molecular weight is 680 g/mol. The number of aryl methyl sites for hydroxylation is 1. The fraction of sp³-hybridized carbons (Fsp3) is 0.500. The molecule has 0 radical (unpaired) electrons. The fourth-order valence-corrected chi connectivity index (χ4v) is 6.02. The monoisotopic (exact) mass is 679 g/mol. The SMILES string of the molecule is CCCCOC(=O)n1ccc2c(CN3CCCN(CC(F)(F)F)CC3c3ccc(OS(=O)(=O)C(F)(F)F)cc3)c(OC)cc(C)c21. The van der Waals surface area contributed by atoms with E-state index >= 15 is 0 Å². The van der Waals surface area contributed by atoms with Gasteiger partial charge in [-0.1, -0.05) is 25.5 Å².